The Kier molecular flexibility index (Phi) is 5.65. The molecule has 5 nitrogen and oxygen atoms in total. The lowest BCUT2D eigenvalue weighted by Crippen LogP contribution is -2.48. The van der Waals surface area contributed by atoms with Gasteiger partial charge in [0.25, 0.3) is 0 Å². The molecule has 21 heavy (non-hydrogen) atoms. The van der Waals surface area contributed by atoms with E-state index in [1.54, 1.807) is 4.31 Å². The third-order valence-corrected chi connectivity index (χ3v) is 5.45. The van der Waals surface area contributed by atoms with E-state index in [0.717, 1.165) is 30.7 Å². The van der Waals surface area contributed by atoms with Gasteiger partial charge in [-0.1, -0.05) is 22.9 Å². The van der Waals surface area contributed by atoms with Crippen LogP contribution >= 0.6 is 15.9 Å². The third-order valence-electron chi connectivity index (χ3n) is 3.66. The number of hydrogen-bond acceptors (Lipinski definition) is 4. The van der Waals surface area contributed by atoms with Crippen LogP contribution in [-0.2, 0) is 16.6 Å². The second-order valence-electron chi connectivity index (χ2n) is 5.20. The average Bonchev–Trinajstić information content (AvgIpc) is 2.44. The summed E-state index contributed by atoms with van der Waals surface area (Å²) in [4.78, 5) is 2.26. The predicted molar refractivity (Wildman–Crippen MR) is 90.2 cm³/mol. The number of nitrogens with zero attached hydrogens (tertiary/aromatic N) is 2. The van der Waals surface area contributed by atoms with Crippen LogP contribution in [0.5, 0.6) is 0 Å². The summed E-state index contributed by atoms with van der Waals surface area (Å²) >= 11 is 3.51. The largest absolute Gasteiger partial charge is 0.369 e. The first-order valence-corrected chi connectivity index (χ1v) is 9.75. The van der Waals surface area contributed by atoms with E-state index in [-0.39, 0.29) is 0 Å². The lowest BCUT2D eigenvalue weighted by atomic mass is 10.1. The number of hydrogen-bond donors (Lipinski definition) is 1. The van der Waals surface area contributed by atoms with Gasteiger partial charge in [-0.05, 0) is 30.3 Å². The first-order valence-electron chi connectivity index (χ1n) is 7.11. The SMILES string of the molecule is CCNCc1cc(Br)ccc1N1CCN(S(C)(=O)=O)CC1. The second-order valence-corrected chi connectivity index (χ2v) is 8.10. The molecule has 7 heteroatoms. The molecule has 0 unspecified atom stereocenters. The highest BCUT2D eigenvalue weighted by Gasteiger charge is 2.24. The van der Waals surface area contributed by atoms with E-state index in [2.05, 4.69) is 45.2 Å². The summed E-state index contributed by atoms with van der Waals surface area (Å²) in [6.45, 7) is 6.39. The molecule has 0 amide bonds. The maximum absolute atomic E-state index is 11.6. The normalized spacial score (nSPS) is 17.2. The van der Waals surface area contributed by atoms with Crippen molar-refractivity contribution < 1.29 is 8.42 Å². The first kappa shape index (κ1) is 16.7. The van der Waals surface area contributed by atoms with Crippen molar-refractivity contribution in [2.75, 3.05) is 43.9 Å². The minimum absolute atomic E-state index is 0.551. The standard InChI is InChI=1S/C14H22BrN3O2S/c1-3-16-11-12-10-13(15)4-5-14(12)17-6-8-18(9-7-17)21(2,19)20/h4-5,10,16H,3,6-9,11H2,1-2H3. The highest BCUT2D eigenvalue weighted by molar-refractivity contribution is 9.10. The van der Waals surface area contributed by atoms with Crippen molar-refractivity contribution in [3.05, 3.63) is 28.2 Å². The van der Waals surface area contributed by atoms with Crippen molar-refractivity contribution in [3.63, 3.8) is 0 Å². The Morgan fingerprint density at radius 1 is 1.24 bits per heavy atom. The zero-order chi connectivity index (χ0) is 15.5. The molecule has 118 valence electrons. The Hall–Kier alpha value is -0.630. The van der Waals surface area contributed by atoms with Gasteiger partial charge < -0.3 is 10.2 Å². The number of halogens is 1. The van der Waals surface area contributed by atoms with Gasteiger partial charge in [0.2, 0.25) is 10.0 Å². The quantitative estimate of drug-likeness (QED) is 0.849. The summed E-state index contributed by atoms with van der Waals surface area (Å²) in [6, 6.07) is 6.27. The van der Waals surface area contributed by atoms with E-state index >= 15 is 0 Å². The highest BCUT2D eigenvalue weighted by atomic mass is 79.9. The number of benzene rings is 1. The van der Waals surface area contributed by atoms with Crippen molar-refractivity contribution in [1.82, 2.24) is 9.62 Å². The first-order chi connectivity index (χ1) is 9.91. The van der Waals surface area contributed by atoms with Crippen molar-refractivity contribution in [3.8, 4) is 0 Å². The summed E-state index contributed by atoms with van der Waals surface area (Å²) in [7, 11) is -3.08. The van der Waals surface area contributed by atoms with Crippen molar-refractivity contribution in [2.24, 2.45) is 0 Å². The van der Waals surface area contributed by atoms with Gasteiger partial charge in [-0.3, -0.25) is 0 Å². The molecule has 0 saturated carbocycles. The van der Waals surface area contributed by atoms with Gasteiger partial charge in [-0.15, -0.1) is 0 Å². The fourth-order valence-electron chi connectivity index (χ4n) is 2.52. The molecule has 1 fully saturated rings. The van der Waals surface area contributed by atoms with Crippen LogP contribution in [0.4, 0.5) is 5.69 Å². The molecule has 1 saturated heterocycles. The summed E-state index contributed by atoms with van der Waals surface area (Å²) in [5.74, 6) is 0. The van der Waals surface area contributed by atoms with Gasteiger partial charge in [0.1, 0.15) is 0 Å². The number of rotatable bonds is 5. The molecular formula is C14H22BrN3O2S. The lowest BCUT2D eigenvalue weighted by molar-refractivity contribution is 0.387. The minimum Gasteiger partial charge on any atom is -0.369 e. The zero-order valence-electron chi connectivity index (χ0n) is 12.5. The average molecular weight is 376 g/mol. The van der Waals surface area contributed by atoms with Gasteiger partial charge in [0.15, 0.2) is 0 Å². The Morgan fingerprint density at radius 2 is 1.90 bits per heavy atom. The van der Waals surface area contributed by atoms with Crippen molar-refractivity contribution in [2.45, 2.75) is 13.5 Å². The molecule has 0 atom stereocenters. The van der Waals surface area contributed by atoms with Gasteiger partial charge in [-0.25, -0.2) is 8.42 Å². The molecule has 0 aromatic heterocycles. The second kappa shape index (κ2) is 7.09. The van der Waals surface area contributed by atoms with Crippen molar-refractivity contribution >= 4 is 31.6 Å². The van der Waals surface area contributed by atoms with Gasteiger partial charge in [0, 0.05) is 42.9 Å². The van der Waals surface area contributed by atoms with Gasteiger partial charge in [-0.2, -0.15) is 4.31 Å². The van der Waals surface area contributed by atoms with Crippen LogP contribution in [0.25, 0.3) is 0 Å². The summed E-state index contributed by atoms with van der Waals surface area (Å²) < 4.78 is 25.8. The predicted octanol–water partition coefficient (Wildman–Crippen LogP) is 1.64. The zero-order valence-corrected chi connectivity index (χ0v) is 14.9. The maximum atomic E-state index is 11.6. The Morgan fingerprint density at radius 3 is 2.48 bits per heavy atom. The van der Waals surface area contributed by atoms with E-state index < -0.39 is 10.0 Å². The molecule has 1 aliphatic rings. The molecule has 0 radical (unpaired) electrons. The summed E-state index contributed by atoms with van der Waals surface area (Å²) in [5.41, 5.74) is 2.42. The summed E-state index contributed by atoms with van der Waals surface area (Å²) in [5, 5.41) is 3.35. The molecule has 1 heterocycles. The highest BCUT2D eigenvalue weighted by Crippen LogP contribution is 2.26. The van der Waals surface area contributed by atoms with Crippen molar-refractivity contribution in [1.29, 1.82) is 0 Å². The Bertz CT molecular complexity index is 584. The molecule has 0 spiro atoms. The molecule has 2 rings (SSSR count). The molecule has 1 aromatic carbocycles. The Labute approximate surface area is 135 Å². The van der Waals surface area contributed by atoms with E-state index in [0.29, 0.717) is 13.1 Å². The molecule has 1 N–H and O–H groups in total. The van der Waals surface area contributed by atoms with Gasteiger partial charge >= 0.3 is 0 Å². The molecule has 1 aromatic rings. The number of sulfonamides is 1. The van der Waals surface area contributed by atoms with Crippen LogP contribution in [0.3, 0.4) is 0 Å². The van der Waals surface area contributed by atoms with Crippen LogP contribution in [0.2, 0.25) is 0 Å². The monoisotopic (exact) mass is 375 g/mol. The fourth-order valence-corrected chi connectivity index (χ4v) is 3.76. The van der Waals surface area contributed by atoms with Crippen LogP contribution in [0, 0.1) is 0 Å². The number of anilines is 1. The Balaban J connectivity index is 2.12. The topological polar surface area (TPSA) is 52.6 Å². The van der Waals surface area contributed by atoms with Gasteiger partial charge in [0.05, 0.1) is 6.26 Å². The van der Waals surface area contributed by atoms with E-state index in [4.69, 9.17) is 0 Å². The maximum Gasteiger partial charge on any atom is 0.211 e. The fraction of sp³-hybridized carbons (Fsp3) is 0.571. The molecule has 0 bridgehead atoms. The smallest absolute Gasteiger partial charge is 0.211 e. The molecular weight excluding hydrogens is 354 g/mol. The third kappa shape index (κ3) is 4.42. The van der Waals surface area contributed by atoms with Crippen LogP contribution in [0.1, 0.15) is 12.5 Å². The molecule has 1 aliphatic heterocycles. The van der Waals surface area contributed by atoms with Crippen LogP contribution in [0.15, 0.2) is 22.7 Å². The van der Waals surface area contributed by atoms with E-state index in [1.807, 2.05) is 6.07 Å². The number of nitrogens with one attached hydrogen (secondary N) is 1. The lowest BCUT2D eigenvalue weighted by Gasteiger charge is -2.35. The van der Waals surface area contributed by atoms with Crippen LogP contribution < -0.4 is 10.2 Å². The van der Waals surface area contributed by atoms with Crippen LogP contribution in [-0.4, -0.2) is 51.7 Å². The minimum atomic E-state index is -3.08. The number of piperazine rings is 1. The summed E-state index contributed by atoms with van der Waals surface area (Å²) in [6.07, 6.45) is 1.28. The molecule has 0 aliphatic carbocycles. The van der Waals surface area contributed by atoms with E-state index in [1.165, 1.54) is 17.5 Å². The van der Waals surface area contributed by atoms with E-state index in [9.17, 15) is 8.42 Å².